The summed E-state index contributed by atoms with van der Waals surface area (Å²) >= 11 is 0. The van der Waals surface area contributed by atoms with Crippen molar-refractivity contribution in [3.63, 3.8) is 0 Å². The van der Waals surface area contributed by atoms with E-state index in [1.54, 1.807) is 44.5 Å². The van der Waals surface area contributed by atoms with Gasteiger partial charge in [-0.25, -0.2) is 9.78 Å². The first-order valence-electron chi connectivity index (χ1n) is 6.52. The van der Waals surface area contributed by atoms with Crippen molar-refractivity contribution in [3.05, 3.63) is 59.3 Å². The van der Waals surface area contributed by atoms with E-state index in [1.165, 1.54) is 0 Å². The number of nitrogens with zero attached hydrogens (tertiary/aromatic N) is 1. The zero-order valence-corrected chi connectivity index (χ0v) is 11.9. The summed E-state index contributed by atoms with van der Waals surface area (Å²) in [7, 11) is 1.55. The molecule has 0 aliphatic carbocycles. The number of hydrogen-bond acceptors (Lipinski definition) is 4. The molecule has 0 saturated carbocycles. The Kier molecular flexibility index (Phi) is 4.94. The molecule has 0 amide bonds. The van der Waals surface area contributed by atoms with E-state index in [0.717, 1.165) is 5.56 Å². The first-order chi connectivity index (χ1) is 10.2. The molecule has 1 heterocycles. The molecule has 0 aliphatic heterocycles. The lowest BCUT2D eigenvalue weighted by atomic mass is 10.1. The van der Waals surface area contributed by atoms with Gasteiger partial charge >= 0.3 is 5.97 Å². The number of carbonyl (C=O) groups excluding carboxylic acids is 1. The van der Waals surface area contributed by atoms with Crippen LogP contribution in [0.4, 0.5) is 0 Å². The van der Waals surface area contributed by atoms with Crippen LogP contribution in [-0.4, -0.2) is 24.7 Å². The molecule has 0 unspecified atom stereocenters. The van der Waals surface area contributed by atoms with Crippen LogP contribution < -0.4 is 4.74 Å². The van der Waals surface area contributed by atoms with Crippen molar-refractivity contribution in [2.45, 2.75) is 6.92 Å². The smallest absolute Gasteiger partial charge is 0.338 e. The fourth-order valence-electron chi connectivity index (χ4n) is 1.73. The van der Waals surface area contributed by atoms with Gasteiger partial charge in [-0.2, -0.15) is 0 Å². The lowest BCUT2D eigenvalue weighted by Crippen LogP contribution is -2.04. The SMILES string of the molecule is CCOC(=O)c1cccc(C#Cc2cccnc2OC)c1. The third-order valence-corrected chi connectivity index (χ3v) is 2.68. The Bertz CT molecular complexity index is 698. The predicted octanol–water partition coefficient (Wildman–Crippen LogP) is 2.67. The van der Waals surface area contributed by atoms with Crippen molar-refractivity contribution in [1.29, 1.82) is 0 Å². The summed E-state index contributed by atoms with van der Waals surface area (Å²) in [6.45, 7) is 2.12. The third-order valence-electron chi connectivity index (χ3n) is 2.68. The highest BCUT2D eigenvalue weighted by Crippen LogP contribution is 2.12. The molecule has 4 nitrogen and oxygen atoms in total. The molecule has 0 atom stereocenters. The maximum atomic E-state index is 11.7. The summed E-state index contributed by atoms with van der Waals surface area (Å²) in [6, 6.07) is 10.6. The predicted molar refractivity (Wildman–Crippen MR) is 79.2 cm³/mol. The molecule has 0 N–H and O–H groups in total. The topological polar surface area (TPSA) is 48.4 Å². The minimum absolute atomic E-state index is 0.347. The van der Waals surface area contributed by atoms with Crippen LogP contribution in [0.3, 0.4) is 0 Å². The highest BCUT2D eigenvalue weighted by molar-refractivity contribution is 5.89. The van der Waals surface area contributed by atoms with Crippen molar-refractivity contribution in [3.8, 4) is 17.7 Å². The molecule has 0 spiro atoms. The Morgan fingerprint density at radius 1 is 1.24 bits per heavy atom. The summed E-state index contributed by atoms with van der Waals surface area (Å²) in [5.41, 5.74) is 1.91. The van der Waals surface area contributed by atoms with E-state index in [4.69, 9.17) is 9.47 Å². The Morgan fingerprint density at radius 2 is 2.10 bits per heavy atom. The number of hydrogen-bond donors (Lipinski definition) is 0. The number of aromatic nitrogens is 1. The number of pyridine rings is 1. The zero-order valence-electron chi connectivity index (χ0n) is 11.9. The van der Waals surface area contributed by atoms with Gasteiger partial charge in [0.15, 0.2) is 0 Å². The van der Waals surface area contributed by atoms with Crippen molar-refractivity contribution in [2.24, 2.45) is 0 Å². The Morgan fingerprint density at radius 3 is 2.86 bits per heavy atom. The first kappa shape index (κ1) is 14.6. The van der Waals surface area contributed by atoms with Crippen LogP contribution in [0.2, 0.25) is 0 Å². The standard InChI is InChI=1S/C17H15NO3/c1-3-21-17(19)15-7-4-6-13(12-15)9-10-14-8-5-11-18-16(14)20-2/h4-8,11-12H,3H2,1-2H3. The summed E-state index contributed by atoms with van der Waals surface area (Å²) in [6.07, 6.45) is 1.64. The fraction of sp³-hybridized carbons (Fsp3) is 0.176. The minimum Gasteiger partial charge on any atom is -0.480 e. The number of benzene rings is 1. The summed E-state index contributed by atoms with van der Waals surface area (Å²) in [5.74, 6) is 6.12. The number of methoxy groups -OCH3 is 1. The number of ether oxygens (including phenoxy) is 2. The largest absolute Gasteiger partial charge is 0.480 e. The van der Waals surface area contributed by atoms with Gasteiger partial charge in [-0.05, 0) is 37.3 Å². The molecule has 2 aromatic rings. The average molecular weight is 281 g/mol. The summed E-state index contributed by atoms with van der Waals surface area (Å²) in [4.78, 5) is 15.8. The van der Waals surface area contributed by atoms with E-state index in [-0.39, 0.29) is 5.97 Å². The molecular weight excluding hydrogens is 266 g/mol. The first-order valence-corrected chi connectivity index (χ1v) is 6.52. The average Bonchev–Trinajstić information content (AvgIpc) is 2.53. The molecule has 0 fully saturated rings. The summed E-state index contributed by atoms with van der Waals surface area (Å²) in [5, 5.41) is 0. The Labute approximate surface area is 123 Å². The van der Waals surface area contributed by atoms with Crippen LogP contribution in [0.1, 0.15) is 28.4 Å². The normalized spacial score (nSPS) is 9.43. The quantitative estimate of drug-likeness (QED) is 0.641. The van der Waals surface area contributed by atoms with Crippen LogP contribution in [0.15, 0.2) is 42.6 Å². The van der Waals surface area contributed by atoms with Crippen molar-refractivity contribution < 1.29 is 14.3 Å². The lowest BCUT2D eigenvalue weighted by Gasteiger charge is -2.02. The highest BCUT2D eigenvalue weighted by Gasteiger charge is 2.05. The van der Waals surface area contributed by atoms with E-state index in [2.05, 4.69) is 16.8 Å². The second-order valence-corrected chi connectivity index (χ2v) is 4.11. The zero-order chi connectivity index (χ0) is 15.1. The van der Waals surface area contributed by atoms with Gasteiger partial charge in [0, 0.05) is 11.8 Å². The number of carbonyl (C=O) groups is 1. The molecule has 21 heavy (non-hydrogen) atoms. The molecule has 0 bridgehead atoms. The summed E-state index contributed by atoms with van der Waals surface area (Å²) < 4.78 is 10.1. The van der Waals surface area contributed by atoms with Crippen molar-refractivity contribution in [1.82, 2.24) is 4.98 Å². The molecule has 4 heteroatoms. The van der Waals surface area contributed by atoms with E-state index in [1.807, 2.05) is 12.1 Å². The second-order valence-electron chi connectivity index (χ2n) is 4.11. The van der Waals surface area contributed by atoms with Crippen molar-refractivity contribution >= 4 is 5.97 Å². The van der Waals surface area contributed by atoms with Gasteiger partial charge in [-0.3, -0.25) is 0 Å². The van der Waals surface area contributed by atoms with Gasteiger partial charge in [0.1, 0.15) is 0 Å². The molecule has 1 aromatic heterocycles. The van der Waals surface area contributed by atoms with Crippen LogP contribution >= 0.6 is 0 Å². The van der Waals surface area contributed by atoms with E-state index in [9.17, 15) is 4.79 Å². The molecule has 2 rings (SSSR count). The molecule has 0 radical (unpaired) electrons. The van der Waals surface area contributed by atoms with Crippen LogP contribution in [0.5, 0.6) is 5.88 Å². The monoisotopic (exact) mass is 281 g/mol. The van der Waals surface area contributed by atoms with E-state index in [0.29, 0.717) is 23.6 Å². The Balaban J connectivity index is 2.27. The molecule has 0 saturated heterocycles. The maximum Gasteiger partial charge on any atom is 0.338 e. The van der Waals surface area contributed by atoms with E-state index >= 15 is 0 Å². The number of esters is 1. The van der Waals surface area contributed by atoms with Gasteiger partial charge in [0.2, 0.25) is 5.88 Å². The van der Waals surface area contributed by atoms with Crippen LogP contribution in [0.25, 0.3) is 0 Å². The molecule has 0 aliphatic rings. The van der Waals surface area contributed by atoms with Gasteiger partial charge in [0.25, 0.3) is 0 Å². The lowest BCUT2D eigenvalue weighted by molar-refractivity contribution is 0.0526. The van der Waals surface area contributed by atoms with Crippen molar-refractivity contribution in [2.75, 3.05) is 13.7 Å². The van der Waals surface area contributed by atoms with Crippen LogP contribution in [-0.2, 0) is 4.74 Å². The van der Waals surface area contributed by atoms with E-state index < -0.39 is 0 Å². The molecule has 1 aromatic carbocycles. The highest BCUT2D eigenvalue weighted by atomic mass is 16.5. The maximum absolute atomic E-state index is 11.7. The van der Waals surface area contributed by atoms with Crippen LogP contribution in [0, 0.1) is 11.8 Å². The third kappa shape index (κ3) is 3.83. The minimum atomic E-state index is -0.347. The number of rotatable bonds is 3. The fourth-order valence-corrected chi connectivity index (χ4v) is 1.73. The van der Waals surface area contributed by atoms with Gasteiger partial charge in [-0.15, -0.1) is 0 Å². The van der Waals surface area contributed by atoms with Gasteiger partial charge < -0.3 is 9.47 Å². The van der Waals surface area contributed by atoms with Gasteiger partial charge in [-0.1, -0.05) is 17.9 Å². The van der Waals surface area contributed by atoms with Gasteiger partial charge in [0.05, 0.1) is 24.8 Å². The molecular formula is C17H15NO3. The second kappa shape index (κ2) is 7.11. The molecule has 106 valence electrons. The Hall–Kier alpha value is -2.80.